The molecule has 0 aliphatic heterocycles. The van der Waals surface area contributed by atoms with Gasteiger partial charge < -0.3 is 14.6 Å². The van der Waals surface area contributed by atoms with E-state index in [-0.39, 0.29) is 18.4 Å². The summed E-state index contributed by atoms with van der Waals surface area (Å²) in [6, 6.07) is 15.8. The second-order valence-electron chi connectivity index (χ2n) is 9.40. The second-order valence-corrected chi connectivity index (χ2v) is 9.40. The molecule has 0 unspecified atom stereocenters. The summed E-state index contributed by atoms with van der Waals surface area (Å²) in [6.45, 7) is 3.55. The van der Waals surface area contributed by atoms with Crippen molar-refractivity contribution in [1.82, 2.24) is 14.7 Å². The zero-order chi connectivity index (χ0) is 25.5. The molecule has 0 saturated heterocycles. The standard InChI is InChI=1S/C28H34FN3O4/c1-3-7-26(34)35-19-23(33)17-32(16-20-10-11-20)18-25-27(21-8-5-4-6-9-21)30-31(2)28(25)36-24-14-12-22(29)13-15-24/h4-6,8-9,12-15,20,23,33H,3,7,10-11,16-19H2,1-2H3/t23-/m0/s1. The Morgan fingerprint density at radius 3 is 2.58 bits per heavy atom. The summed E-state index contributed by atoms with van der Waals surface area (Å²) in [5.74, 6) is 1.03. The number of aliphatic hydroxyl groups is 1. The van der Waals surface area contributed by atoms with Crippen LogP contribution in [0.3, 0.4) is 0 Å². The normalized spacial score (nSPS) is 14.1. The predicted molar refractivity (Wildman–Crippen MR) is 135 cm³/mol. The maximum atomic E-state index is 13.5. The van der Waals surface area contributed by atoms with Crippen LogP contribution >= 0.6 is 0 Å². The van der Waals surface area contributed by atoms with Gasteiger partial charge in [-0.25, -0.2) is 9.07 Å². The summed E-state index contributed by atoms with van der Waals surface area (Å²) in [4.78, 5) is 13.9. The Kier molecular flexibility index (Phi) is 8.72. The highest BCUT2D eigenvalue weighted by Gasteiger charge is 2.29. The van der Waals surface area contributed by atoms with E-state index in [2.05, 4.69) is 4.90 Å². The van der Waals surface area contributed by atoms with Crippen molar-refractivity contribution in [2.24, 2.45) is 13.0 Å². The van der Waals surface area contributed by atoms with E-state index in [1.165, 1.54) is 12.1 Å². The van der Waals surface area contributed by atoms with Crippen molar-refractivity contribution in [3.8, 4) is 22.9 Å². The van der Waals surface area contributed by atoms with Gasteiger partial charge in [-0.05, 0) is 49.4 Å². The molecule has 1 saturated carbocycles. The third kappa shape index (κ3) is 7.15. The average Bonchev–Trinajstić information content (AvgIpc) is 3.64. The van der Waals surface area contributed by atoms with Crippen molar-refractivity contribution in [1.29, 1.82) is 0 Å². The lowest BCUT2D eigenvalue weighted by molar-refractivity contribution is -0.147. The molecule has 36 heavy (non-hydrogen) atoms. The fourth-order valence-corrected chi connectivity index (χ4v) is 4.17. The number of carbonyl (C=O) groups is 1. The van der Waals surface area contributed by atoms with Crippen LogP contribution in [0.5, 0.6) is 11.6 Å². The first kappa shape index (κ1) is 25.9. The maximum absolute atomic E-state index is 13.5. The number of carbonyl (C=O) groups excluding carboxylic acids is 1. The van der Waals surface area contributed by atoms with Crippen molar-refractivity contribution in [2.75, 3.05) is 19.7 Å². The van der Waals surface area contributed by atoms with Crippen LogP contribution in [0.4, 0.5) is 4.39 Å². The van der Waals surface area contributed by atoms with E-state index in [4.69, 9.17) is 14.6 Å². The molecule has 0 bridgehead atoms. The first-order valence-corrected chi connectivity index (χ1v) is 12.5. The largest absolute Gasteiger partial charge is 0.463 e. The van der Waals surface area contributed by atoms with Gasteiger partial charge in [0.15, 0.2) is 0 Å². The number of aliphatic hydroxyl groups excluding tert-OH is 1. The Labute approximate surface area is 211 Å². The molecular weight excluding hydrogens is 461 g/mol. The number of halogens is 1. The number of aromatic nitrogens is 2. The summed E-state index contributed by atoms with van der Waals surface area (Å²) in [6.07, 6.45) is 2.58. The molecule has 8 heteroatoms. The van der Waals surface area contributed by atoms with Crippen LogP contribution in [-0.4, -0.2) is 51.6 Å². The molecule has 1 heterocycles. The van der Waals surface area contributed by atoms with Gasteiger partial charge in [0.25, 0.3) is 0 Å². The van der Waals surface area contributed by atoms with E-state index in [0.29, 0.717) is 43.5 Å². The molecule has 0 spiro atoms. The molecule has 7 nitrogen and oxygen atoms in total. The Morgan fingerprint density at radius 2 is 1.92 bits per heavy atom. The SMILES string of the molecule is CCCC(=O)OC[C@@H](O)CN(Cc1c(-c2ccccc2)nn(C)c1Oc1ccc(F)cc1)CC1CC1. The Balaban J connectivity index is 1.59. The molecule has 1 aliphatic rings. The average molecular weight is 496 g/mol. The Bertz CT molecular complexity index is 1130. The number of benzene rings is 2. The smallest absolute Gasteiger partial charge is 0.305 e. The number of aryl methyl sites for hydroxylation is 1. The molecule has 3 aromatic rings. The van der Waals surface area contributed by atoms with Crippen molar-refractivity contribution in [2.45, 2.75) is 45.3 Å². The van der Waals surface area contributed by atoms with Crippen LogP contribution in [0.1, 0.15) is 38.2 Å². The Hall–Kier alpha value is -3.23. The van der Waals surface area contributed by atoms with Gasteiger partial charge in [-0.3, -0.25) is 9.69 Å². The Morgan fingerprint density at radius 1 is 1.19 bits per heavy atom. The highest BCUT2D eigenvalue weighted by Crippen LogP contribution is 2.36. The van der Waals surface area contributed by atoms with Crippen LogP contribution < -0.4 is 4.74 Å². The van der Waals surface area contributed by atoms with Crippen LogP contribution in [0.25, 0.3) is 11.3 Å². The molecule has 0 radical (unpaired) electrons. The molecular formula is C28H34FN3O4. The number of rotatable bonds is 13. The van der Waals surface area contributed by atoms with E-state index >= 15 is 0 Å². The van der Waals surface area contributed by atoms with Gasteiger partial charge in [0.05, 0.1) is 5.56 Å². The topological polar surface area (TPSA) is 76.8 Å². The van der Waals surface area contributed by atoms with Gasteiger partial charge in [-0.2, -0.15) is 5.10 Å². The summed E-state index contributed by atoms with van der Waals surface area (Å²) in [5, 5.41) is 15.4. The fourth-order valence-electron chi connectivity index (χ4n) is 4.17. The van der Waals surface area contributed by atoms with Gasteiger partial charge in [-0.15, -0.1) is 0 Å². The zero-order valence-electron chi connectivity index (χ0n) is 20.9. The summed E-state index contributed by atoms with van der Waals surface area (Å²) < 4.78 is 26.6. The summed E-state index contributed by atoms with van der Waals surface area (Å²) in [5.41, 5.74) is 2.63. The first-order chi connectivity index (χ1) is 17.4. The minimum absolute atomic E-state index is 0.0302. The molecule has 1 atom stereocenters. The molecule has 4 rings (SSSR count). The quantitative estimate of drug-likeness (QED) is 0.339. The lowest BCUT2D eigenvalue weighted by Gasteiger charge is -2.25. The van der Waals surface area contributed by atoms with Crippen LogP contribution in [0.2, 0.25) is 0 Å². The van der Waals surface area contributed by atoms with Crippen LogP contribution in [0, 0.1) is 11.7 Å². The summed E-state index contributed by atoms with van der Waals surface area (Å²) >= 11 is 0. The molecule has 192 valence electrons. The van der Waals surface area contributed by atoms with Gasteiger partial charge in [0.1, 0.15) is 30.0 Å². The van der Waals surface area contributed by atoms with Crippen molar-refractivity contribution in [3.63, 3.8) is 0 Å². The first-order valence-electron chi connectivity index (χ1n) is 12.5. The van der Waals surface area contributed by atoms with Gasteiger partial charge in [0.2, 0.25) is 5.88 Å². The third-order valence-electron chi connectivity index (χ3n) is 6.12. The van der Waals surface area contributed by atoms with E-state index in [9.17, 15) is 14.3 Å². The number of hydrogen-bond acceptors (Lipinski definition) is 6. The van der Waals surface area contributed by atoms with E-state index in [1.807, 2.05) is 44.3 Å². The van der Waals surface area contributed by atoms with Crippen LogP contribution in [-0.2, 0) is 23.1 Å². The number of esters is 1. The molecule has 1 N–H and O–H groups in total. The third-order valence-corrected chi connectivity index (χ3v) is 6.12. The van der Waals surface area contributed by atoms with Gasteiger partial charge in [-0.1, -0.05) is 37.3 Å². The van der Waals surface area contributed by atoms with Gasteiger partial charge >= 0.3 is 5.97 Å². The summed E-state index contributed by atoms with van der Waals surface area (Å²) in [7, 11) is 1.82. The highest BCUT2D eigenvalue weighted by molar-refractivity contribution is 5.69. The maximum Gasteiger partial charge on any atom is 0.305 e. The van der Waals surface area contributed by atoms with Crippen LogP contribution in [0.15, 0.2) is 54.6 Å². The van der Waals surface area contributed by atoms with Crippen molar-refractivity contribution < 1.29 is 23.8 Å². The van der Waals surface area contributed by atoms with Crippen molar-refractivity contribution in [3.05, 3.63) is 66.0 Å². The lowest BCUT2D eigenvalue weighted by atomic mass is 10.1. The predicted octanol–water partition coefficient (Wildman–Crippen LogP) is 4.93. The minimum Gasteiger partial charge on any atom is -0.463 e. The zero-order valence-corrected chi connectivity index (χ0v) is 20.9. The fraction of sp³-hybridized carbons (Fsp3) is 0.429. The lowest BCUT2D eigenvalue weighted by Crippen LogP contribution is -2.36. The second kappa shape index (κ2) is 12.1. The molecule has 1 aromatic heterocycles. The van der Waals surface area contributed by atoms with Crippen molar-refractivity contribution >= 4 is 5.97 Å². The number of nitrogens with zero attached hydrogens (tertiary/aromatic N) is 3. The molecule has 1 aliphatic carbocycles. The number of ether oxygens (including phenoxy) is 2. The molecule has 2 aromatic carbocycles. The molecule has 0 amide bonds. The van der Waals surface area contributed by atoms with E-state index < -0.39 is 6.10 Å². The molecule has 1 fully saturated rings. The van der Waals surface area contributed by atoms with E-state index in [1.54, 1.807) is 16.8 Å². The minimum atomic E-state index is -0.803. The highest BCUT2D eigenvalue weighted by atomic mass is 19.1. The van der Waals surface area contributed by atoms with Gasteiger partial charge in [0, 0.05) is 38.7 Å². The number of hydrogen-bond donors (Lipinski definition) is 1. The van der Waals surface area contributed by atoms with E-state index in [0.717, 1.165) is 36.2 Å². The monoisotopic (exact) mass is 495 g/mol.